The van der Waals surface area contributed by atoms with E-state index in [0.29, 0.717) is 39.0 Å². The number of nitrogens with one attached hydrogen (secondary N) is 1. The van der Waals surface area contributed by atoms with Crippen LogP contribution >= 0.6 is 0 Å². The van der Waals surface area contributed by atoms with E-state index in [1.807, 2.05) is 25.7 Å². The van der Waals surface area contributed by atoms with E-state index < -0.39 is 22.3 Å². The summed E-state index contributed by atoms with van der Waals surface area (Å²) in [5.74, 6) is -0.654. The molecule has 3 saturated heterocycles. The lowest BCUT2D eigenvalue weighted by molar-refractivity contribution is -0.173. The molecule has 2 bridgehead atoms. The highest BCUT2D eigenvalue weighted by Crippen LogP contribution is 2.66. The van der Waals surface area contributed by atoms with Gasteiger partial charge >= 0.3 is 5.97 Å². The lowest BCUT2D eigenvalue weighted by Gasteiger charge is -2.41. The van der Waals surface area contributed by atoms with Crippen molar-refractivity contribution in [2.24, 2.45) is 16.2 Å². The predicted molar refractivity (Wildman–Crippen MR) is 120 cm³/mol. The van der Waals surface area contributed by atoms with Gasteiger partial charge in [0.1, 0.15) is 0 Å². The van der Waals surface area contributed by atoms with Gasteiger partial charge in [-0.25, -0.2) is 0 Å². The minimum absolute atomic E-state index is 0.0187. The summed E-state index contributed by atoms with van der Waals surface area (Å²) in [6.07, 6.45) is 5.18. The highest BCUT2D eigenvalue weighted by atomic mass is 16.6. The van der Waals surface area contributed by atoms with Crippen LogP contribution in [0.4, 0.5) is 0 Å². The van der Waals surface area contributed by atoms with E-state index in [0.717, 1.165) is 19.3 Å². The SMILES string of the molecule is CC1(C)[C@@]2(C)CC[C@]1(C(=O)N1CCC3(CCN(C(=O)CNC(=O)c4ccco4)CC3)C1)OC2=O. The molecule has 9 heteroatoms. The number of nitrogens with zero attached hydrogens (tertiary/aromatic N) is 2. The molecule has 34 heavy (non-hydrogen) atoms. The molecule has 0 unspecified atom stereocenters. The number of furan rings is 1. The van der Waals surface area contributed by atoms with Gasteiger partial charge in [-0.15, -0.1) is 0 Å². The lowest BCUT2D eigenvalue weighted by atomic mass is 9.66. The highest BCUT2D eigenvalue weighted by molar-refractivity contribution is 5.96. The fourth-order valence-electron chi connectivity index (χ4n) is 6.49. The Hall–Kier alpha value is -2.84. The van der Waals surface area contributed by atoms with Crippen LogP contribution in [0.1, 0.15) is 63.4 Å². The number of ether oxygens (including phenoxy) is 1. The smallest absolute Gasteiger partial charge is 0.313 e. The third-order valence-corrected chi connectivity index (χ3v) is 9.48. The zero-order valence-electron chi connectivity index (χ0n) is 20.1. The summed E-state index contributed by atoms with van der Waals surface area (Å²) in [7, 11) is 0. The van der Waals surface area contributed by atoms with Gasteiger partial charge in [0.2, 0.25) is 5.91 Å². The van der Waals surface area contributed by atoms with Crippen LogP contribution in [0.2, 0.25) is 0 Å². The van der Waals surface area contributed by atoms with Gasteiger partial charge in [-0.2, -0.15) is 0 Å². The van der Waals surface area contributed by atoms with E-state index in [1.165, 1.54) is 6.26 Å². The van der Waals surface area contributed by atoms with E-state index in [2.05, 4.69) is 5.32 Å². The Morgan fingerprint density at radius 1 is 1.00 bits per heavy atom. The number of likely N-dealkylation sites (tertiary alicyclic amines) is 2. The summed E-state index contributed by atoms with van der Waals surface area (Å²) in [6.45, 7) is 8.31. The Morgan fingerprint density at radius 2 is 1.68 bits per heavy atom. The van der Waals surface area contributed by atoms with Crippen molar-refractivity contribution in [3.05, 3.63) is 24.2 Å². The summed E-state index contributed by atoms with van der Waals surface area (Å²) in [5, 5.41) is 2.61. The first-order valence-electron chi connectivity index (χ1n) is 12.2. The number of amides is 3. The molecule has 3 amide bonds. The molecule has 1 saturated carbocycles. The number of piperidine rings is 1. The summed E-state index contributed by atoms with van der Waals surface area (Å²) in [5.41, 5.74) is -2.24. The fraction of sp³-hybridized carbons (Fsp3) is 0.680. The Bertz CT molecular complexity index is 1030. The number of esters is 1. The molecule has 184 valence electrons. The second-order valence-corrected chi connectivity index (χ2v) is 11.2. The van der Waals surface area contributed by atoms with Crippen LogP contribution < -0.4 is 5.32 Å². The highest BCUT2D eigenvalue weighted by Gasteiger charge is 2.76. The van der Waals surface area contributed by atoms with Gasteiger partial charge in [0.15, 0.2) is 11.4 Å². The van der Waals surface area contributed by atoms with E-state index in [4.69, 9.17) is 9.15 Å². The molecule has 1 aromatic rings. The lowest BCUT2D eigenvalue weighted by Crippen LogP contribution is -2.55. The zero-order valence-corrected chi connectivity index (χ0v) is 20.1. The molecule has 9 nitrogen and oxygen atoms in total. The molecule has 1 aromatic heterocycles. The first-order chi connectivity index (χ1) is 16.0. The number of hydrogen-bond acceptors (Lipinski definition) is 6. The third kappa shape index (κ3) is 3.11. The van der Waals surface area contributed by atoms with Crippen LogP contribution in [0, 0.1) is 16.2 Å². The molecular formula is C25H33N3O6. The van der Waals surface area contributed by atoms with Gasteiger partial charge in [-0.1, -0.05) is 13.8 Å². The van der Waals surface area contributed by atoms with Crippen molar-refractivity contribution >= 4 is 23.7 Å². The summed E-state index contributed by atoms with van der Waals surface area (Å²) >= 11 is 0. The van der Waals surface area contributed by atoms with Crippen molar-refractivity contribution in [3.8, 4) is 0 Å². The molecule has 2 atom stereocenters. The molecular weight excluding hydrogens is 438 g/mol. The molecule has 1 spiro atoms. The molecule has 4 fully saturated rings. The second-order valence-electron chi connectivity index (χ2n) is 11.2. The van der Waals surface area contributed by atoms with Crippen LogP contribution in [0.3, 0.4) is 0 Å². The van der Waals surface area contributed by atoms with Crippen molar-refractivity contribution in [1.82, 2.24) is 15.1 Å². The van der Waals surface area contributed by atoms with Crippen LogP contribution in [-0.2, 0) is 19.1 Å². The molecule has 3 aliphatic heterocycles. The maximum atomic E-state index is 13.7. The van der Waals surface area contributed by atoms with Gasteiger partial charge in [0.05, 0.1) is 18.2 Å². The zero-order chi connectivity index (χ0) is 24.4. The number of carbonyl (C=O) groups is 4. The van der Waals surface area contributed by atoms with E-state index >= 15 is 0 Å². The van der Waals surface area contributed by atoms with Crippen molar-refractivity contribution in [2.45, 2.75) is 58.5 Å². The Kier molecular flexibility index (Phi) is 5.11. The van der Waals surface area contributed by atoms with Crippen molar-refractivity contribution in [2.75, 3.05) is 32.7 Å². The van der Waals surface area contributed by atoms with Gasteiger partial charge in [0.25, 0.3) is 11.8 Å². The number of hydrogen-bond donors (Lipinski definition) is 1. The second kappa shape index (κ2) is 7.58. The van der Waals surface area contributed by atoms with E-state index in [-0.39, 0.29) is 35.5 Å². The van der Waals surface area contributed by atoms with Gasteiger partial charge in [0, 0.05) is 31.6 Å². The van der Waals surface area contributed by atoms with E-state index in [9.17, 15) is 19.2 Å². The quantitative estimate of drug-likeness (QED) is 0.673. The predicted octanol–water partition coefficient (Wildman–Crippen LogP) is 1.97. The largest absolute Gasteiger partial charge is 0.459 e. The van der Waals surface area contributed by atoms with Gasteiger partial charge in [-0.3, -0.25) is 19.2 Å². The maximum absolute atomic E-state index is 13.7. The average Bonchev–Trinajstić information content (AvgIpc) is 3.56. The first kappa shape index (κ1) is 22.9. The Labute approximate surface area is 199 Å². The van der Waals surface area contributed by atoms with E-state index in [1.54, 1.807) is 17.0 Å². The Morgan fingerprint density at radius 3 is 2.24 bits per heavy atom. The molecule has 0 radical (unpaired) electrons. The van der Waals surface area contributed by atoms with Crippen molar-refractivity contribution < 1.29 is 28.3 Å². The van der Waals surface area contributed by atoms with Crippen molar-refractivity contribution in [1.29, 1.82) is 0 Å². The molecule has 5 rings (SSSR count). The Balaban J connectivity index is 1.17. The van der Waals surface area contributed by atoms with Crippen LogP contribution in [-0.4, -0.2) is 71.8 Å². The molecule has 0 aromatic carbocycles. The summed E-state index contributed by atoms with van der Waals surface area (Å²) in [6, 6.07) is 3.18. The normalized spacial score (nSPS) is 31.1. The topological polar surface area (TPSA) is 109 Å². The standard InChI is InChI=1S/C25H33N3O6/c1-22(2)23(3)6-7-25(22,34-21(23)32)20(31)28-13-10-24(16-28)8-11-27(12-9-24)18(29)15-26-19(30)17-5-4-14-33-17/h4-5,14H,6-13,15-16H2,1-3H3,(H,26,30)/t23-,25+/m0/s1. The fourth-order valence-corrected chi connectivity index (χ4v) is 6.49. The molecule has 1 aliphatic carbocycles. The molecule has 4 heterocycles. The number of fused-ring (bicyclic) bond motifs is 2. The molecule has 1 N–H and O–H groups in total. The monoisotopic (exact) mass is 471 g/mol. The minimum atomic E-state index is -1.06. The minimum Gasteiger partial charge on any atom is -0.459 e. The number of rotatable bonds is 4. The summed E-state index contributed by atoms with van der Waals surface area (Å²) in [4.78, 5) is 54.6. The van der Waals surface area contributed by atoms with Crippen molar-refractivity contribution in [3.63, 3.8) is 0 Å². The van der Waals surface area contributed by atoms with Crippen LogP contribution in [0.5, 0.6) is 0 Å². The van der Waals surface area contributed by atoms with Crippen LogP contribution in [0.15, 0.2) is 22.8 Å². The average molecular weight is 472 g/mol. The first-order valence-corrected chi connectivity index (χ1v) is 12.2. The molecule has 4 aliphatic rings. The third-order valence-electron chi connectivity index (χ3n) is 9.48. The summed E-state index contributed by atoms with van der Waals surface area (Å²) < 4.78 is 10.9. The van der Waals surface area contributed by atoms with Gasteiger partial charge < -0.3 is 24.3 Å². The number of carbonyl (C=O) groups excluding carboxylic acids is 4. The maximum Gasteiger partial charge on any atom is 0.313 e. The van der Waals surface area contributed by atoms with Gasteiger partial charge in [-0.05, 0) is 56.6 Å². The van der Waals surface area contributed by atoms with Crippen LogP contribution in [0.25, 0.3) is 0 Å².